The van der Waals surface area contributed by atoms with Crippen LogP contribution in [-0.4, -0.2) is 133 Å². The lowest BCUT2D eigenvalue weighted by atomic mass is 9.87. The summed E-state index contributed by atoms with van der Waals surface area (Å²) in [5.74, 6) is -1.26. The Morgan fingerprint density at radius 2 is 1.71 bits per heavy atom. The molecular formula is C27H46N7O18P3S. The van der Waals surface area contributed by atoms with E-state index in [1.807, 2.05) is 0 Å². The number of carbonyl (C=O) groups excluding carboxylic acids is 3. The minimum atomic E-state index is -5.58. The van der Waals surface area contributed by atoms with Gasteiger partial charge in [0.05, 0.1) is 25.1 Å². The molecule has 0 aromatic carbocycles. The molecule has 0 radical (unpaired) electrons. The fourth-order valence-corrected chi connectivity index (χ4v) is 8.46. The van der Waals surface area contributed by atoms with Gasteiger partial charge in [0.1, 0.15) is 36.3 Å². The van der Waals surface area contributed by atoms with Crippen LogP contribution >= 0.6 is 35.2 Å². The number of nitrogens with one attached hydrogen (secondary N) is 2. The standard InChI is InChI=1S/C27H46N7O18P3S/c1-5-27(4,40)10-17(36)56-9-8-29-16(35)6-7-30-24(39)21(38)26(2,3)12-49-55(46,47)52-54(44,45)48-11-15-20(51-53(41,42)43)19(37)25(50-15)34-14-33-18-22(28)31-13-32-23(18)34/h13-15,19-21,25,37-38,40H,5-12H2,1-4H3,(H,29,35)(H,30,39)(H,44,45)(H,46,47)(H2,28,31,32)(H2,41,42,43)/t15-,19-,20-,21+,25-,27?/m1/s1. The van der Waals surface area contributed by atoms with Gasteiger partial charge in [-0.25, -0.2) is 28.6 Å². The number of aliphatic hydroxyl groups excluding tert-OH is 2. The first-order chi connectivity index (χ1) is 25.8. The number of ether oxygens (including phenoxy) is 1. The van der Waals surface area contributed by atoms with Crippen LogP contribution in [0.5, 0.6) is 0 Å². The minimum Gasteiger partial charge on any atom is -0.390 e. The zero-order chi connectivity index (χ0) is 42.3. The van der Waals surface area contributed by atoms with Gasteiger partial charge in [-0.05, 0) is 13.3 Å². The van der Waals surface area contributed by atoms with Crippen LogP contribution in [0.2, 0.25) is 0 Å². The first-order valence-electron chi connectivity index (χ1n) is 16.5. The molecule has 11 N–H and O–H groups in total. The third kappa shape index (κ3) is 14.4. The highest BCUT2D eigenvalue weighted by molar-refractivity contribution is 8.13. The second-order valence-corrected chi connectivity index (χ2v) is 18.7. The van der Waals surface area contributed by atoms with E-state index < -0.39 is 90.2 Å². The van der Waals surface area contributed by atoms with E-state index in [0.29, 0.717) is 6.42 Å². The number of amides is 2. The van der Waals surface area contributed by atoms with Crippen molar-refractivity contribution in [3.05, 3.63) is 12.7 Å². The summed E-state index contributed by atoms with van der Waals surface area (Å²) in [4.78, 5) is 87.4. The first kappa shape index (κ1) is 47.9. The van der Waals surface area contributed by atoms with Crippen molar-refractivity contribution in [3.63, 3.8) is 0 Å². The Morgan fingerprint density at radius 1 is 1.05 bits per heavy atom. The summed E-state index contributed by atoms with van der Waals surface area (Å²) in [6.07, 6.45) is -6.63. The van der Waals surface area contributed by atoms with E-state index in [4.69, 9.17) is 19.5 Å². The molecule has 25 nitrogen and oxygen atoms in total. The Hall–Kier alpha value is -2.48. The summed E-state index contributed by atoms with van der Waals surface area (Å²) in [6, 6.07) is 0. The number of thioether (sulfide) groups is 1. The van der Waals surface area contributed by atoms with E-state index in [1.165, 1.54) is 13.8 Å². The highest BCUT2D eigenvalue weighted by Crippen LogP contribution is 2.61. The number of hydrogen-bond donors (Lipinski definition) is 10. The molecule has 0 aliphatic carbocycles. The summed E-state index contributed by atoms with van der Waals surface area (Å²) in [7, 11) is -16.4. The van der Waals surface area contributed by atoms with E-state index >= 15 is 0 Å². The predicted octanol–water partition coefficient (Wildman–Crippen LogP) is -0.784. The molecule has 1 saturated heterocycles. The molecule has 318 valence electrons. The van der Waals surface area contributed by atoms with Crippen molar-refractivity contribution in [2.75, 3.05) is 37.8 Å². The molecule has 8 atom stereocenters. The molecule has 1 fully saturated rings. The molecule has 0 spiro atoms. The van der Waals surface area contributed by atoms with E-state index in [-0.39, 0.29) is 53.8 Å². The molecule has 0 bridgehead atoms. The van der Waals surface area contributed by atoms with E-state index in [0.717, 1.165) is 29.0 Å². The van der Waals surface area contributed by atoms with Gasteiger partial charge < -0.3 is 56.0 Å². The van der Waals surface area contributed by atoms with Gasteiger partial charge in [0, 0.05) is 37.1 Å². The van der Waals surface area contributed by atoms with Gasteiger partial charge in [0.15, 0.2) is 22.8 Å². The van der Waals surface area contributed by atoms with Gasteiger partial charge in [-0.2, -0.15) is 4.31 Å². The Labute approximate surface area is 323 Å². The predicted molar refractivity (Wildman–Crippen MR) is 193 cm³/mol. The SMILES string of the molecule is CCC(C)(O)CC(=O)SCCNC(=O)CCNC(=O)[C@H](O)C(C)(C)COP(=O)(O)OP(=O)(O)OC[C@H]1O[C@@H](n2cnc3c(N)ncnc32)[C@H](O)[C@@H]1OP(=O)(O)O. The lowest BCUT2D eigenvalue weighted by Crippen LogP contribution is -2.46. The van der Waals surface area contributed by atoms with Crippen LogP contribution in [0.1, 0.15) is 53.2 Å². The fraction of sp³-hybridized carbons (Fsp3) is 0.704. The number of aromatic nitrogens is 4. The van der Waals surface area contributed by atoms with Gasteiger partial charge in [-0.1, -0.05) is 32.5 Å². The van der Waals surface area contributed by atoms with Crippen LogP contribution in [0.15, 0.2) is 12.7 Å². The van der Waals surface area contributed by atoms with Crippen LogP contribution in [0.4, 0.5) is 5.82 Å². The lowest BCUT2D eigenvalue weighted by Gasteiger charge is -2.30. The van der Waals surface area contributed by atoms with Crippen molar-refractivity contribution in [1.82, 2.24) is 30.2 Å². The molecule has 3 heterocycles. The molecule has 3 rings (SSSR count). The molecule has 2 aromatic heterocycles. The highest BCUT2D eigenvalue weighted by atomic mass is 32.2. The number of imidazole rings is 1. The number of anilines is 1. The Balaban J connectivity index is 1.49. The number of hydrogen-bond acceptors (Lipinski definition) is 19. The van der Waals surface area contributed by atoms with Crippen LogP contribution in [0.25, 0.3) is 11.2 Å². The topological polar surface area (TPSA) is 384 Å². The third-order valence-electron chi connectivity index (χ3n) is 8.05. The monoisotopic (exact) mass is 881 g/mol. The van der Waals surface area contributed by atoms with Crippen molar-refractivity contribution >= 4 is 69.1 Å². The van der Waals surface area contributed by atoms with Crippen molar-refractivity contribution in [3.8, 4) is 0 Å². The van der Waals surface area contributed by atoms with E-state index in [9.17, 15) is 63.0 Å². The number of carbonyl (C=O) groups is 3. The Morgan fingerprint density at radius 3 is 2.36 bits per heavy atom. The van der Waals surface area contributed by atoms with Crippen LogP contribution in [0, 0.1) is 5.41 Å². The fourth-order valence-electron chi connectivity index (χ4n) is 4.78. The second-order valence-electron chi connectivity index (χ2n) is 13.3. The average Bonchev–Trinajstić information content (AvgIpc) is 3.64. The number of fused-ring (bicyclic) bond motifs is 1. The van der Waals surface area contributed by atoms with Gasteiger partial charge in [-0.15, -0.1) is 0 Å². The number of nitrogen functional groups attached to an aromatic ring is 1. The number of phosphoric ester groups is 3. The van der Waals surface area contributed by atoms with Gasteiger partial charge >= 0.3 is 23.5 Å². The maximum Gasteiger partial charge on any atom is 0.481 e. The summed E-state index contributed by atoms with van der Waals surface area (Å²) in [6.45, 7) is 3.65. The number of rotatable bonds is 22. The van der Waals surface area contributed by atoms with Gasteiger partial charge in [-0.3, -0.25) is 32.5 Å². The van der Waals surface area contributed by atoms with Crippen molar-refractivity contribution in [2.24, 2.45) is 5.41 Å². The van der Waals surface area contributed by atoms with Crippen molar-refractivity contribution in [2.45, 2.75) is 83.2 Å². The van der Waals surface area contributed by atoms with Crippen LogP contribution in [-0.2, 0) is 50.7 Å². The van der Waals surface area contributed by atoms with Crippen molar-refractivity contribution < 1.29 is 85.6 Å². The zero-order valence-corrected chi connectivity index (χ0v) is 33.9. The van der Waals surface area contributed by atoms with E-state index in [1.54, 1.807) is 13.8 Å². The number of aliphatic hydroxyl groups is 3. The number of nitrogens with zero attached hydrogens (tertiary/aromatic N) is 4. The van der Waals surface area contributed by atoms with Crippen LogP contribution < -0.4 is 16.4 Å². The van der Waals surface area contributed by atoms with Gasteiger partial charge in [0.2, 0.25) is 11.8 Å². The average molecular weight is 882 g/mol. The number of nitrogens with two attached hydrogens (primary N) is 1. The van der Waals surface area contributed by atoms with Crippen LogP contribution in [0.3, 0.4) is 0 Å². The quantitative estimate of drug-likeness (QED) is 0.0512. The molecule has 2 aromatic rings. The van der Waals surface area contributed by atoms with Crippen molar-refractivity contribution in [1.29, 1.82) is 0 Å². The normalized spacial score (nSPS) is 22.8. The molecule has 29 heteroatoms. The van der Waals surface area contributed by atoms with E-state index in [2.05, 4.69) is 34.4 Å². The summed E-state index contributed by atoms with van der Waals surface area (Å²) >= 11 is 0.952. The second kappa shape index (κ2) is 19.5. The number of phosphoric acid groups is 3. The molecular weight excluding hydrogens is 835 g/mol. The summed E-state index contributed by atoms with van der Waals surface area (Å²) in [5.41, 5.74) is 3.12. The maximum atomic E-state index is 12.7. The Bertz CT molecular complexity index is 1850. The largest absolute Gasteiger partial charge is 0.481 e. The smallest absolute Gasteiger partial charge is 0.390 e. The zero-order valence-electron chi connectivity index (χ0n) is 30.4. The highest BCUT2D eigenvalue weighted by Gasteiger charge is 2.50. The minimum absolute atomic E-state index is 0.0258. The summed E-state index contributed by atoms with van der Waals surface area (Å²) in [5, 5.41) is 36.0. The third-order valence-corrected chi connectivity index (χ3v) is 12.0. The lowest BCUT2D eigenvalue weighted by molar-refractivity contribution is -0.137. The molecule has 0 saturated carbocycles. The molecule has 3 unspecified atom stereocenters. The molecule has 56 heavy (non-hydrogen) atoms. The Kier molecular flexibility index (Phi) is 16.7. The maximum absolute atomic E-state index is 12.7. The molecule has 1 aliphatic heterocycles. The first-order valence-corrected chi connectivity index (χ1v) is 22.0. The molecule has 1 aliphatic rings. The molecule has 2 amide bonds. The summed E-state index contributed by atoms with van der Waals surface area (Å²) < 4.78 is 62.0. The van der Waals surface area contributed by atoms with Gasteiger partial charge in [0.25, 0.3) is 0 Å².